The molecule has 4 atom stereocenters. The minimum absolute atomic E-state index is 0.209. The molecule has 4 aromatic carbocycles. The molecule has 4 heteroatoms. The number of hydrogen-bond donors (Lipinski definition) is 0. The first-order chi connectivity index (χ1) is 20.2. The van der Waals surface area contributed by atoms with Crippen LogP contribution in [0.5, 0.6) is 0 Å². The monoisotopic (exact) mass is 538 g/mol. The van der Waals surface area contributed by atoms with E-state index in [2.05, 4.69) is 61.7 Å². The highest BCUT2D eigenvalue weighted by Crippen LogP contribution is 2.50. The topological polar surface area (TPSA) is 43.2 Å². The first kappa shape index (κ1) is 26.5. The van der Waals surface area contributed by atoms with Crippen molar-refractivity contribution in [2.75, 3.05) is 0 Å². The van der Waals surface area contributed by atoms with Crippen LogP contribution in [-0.2, 0) is 9.47 Å². The average molecular weight is 539 g/mol. The quantitative estimate of drug-likeness (QED) is 0.189. The highest BCUT2D eigenvalue weighted by Gasteiger charge is 2.51. The Kier molecular flexibility index (Phi) is 7.64. The second-order valence-electron chi connectivity index (χ2n) is 10.5. The van der Waals surface area contributed by atoms with Gasteiger partial charge in [-0.2, -0.15) is 0 Å². The number of nitrogens with zero attached hydrogens (tertiary/aromatic N) is 2. The van der Waals surface area contributed by atoms with Crippen LogP contribution in [0.1, 0.15) is 59.4 Å². The molecule has 2 aliphatic heterocycles. The van der Waals surface area contributed by atoms with Crippen molar-refractivity contribution in [3.63, 3.8) is 0 Å². The van der Waals surface area contributed by atoms with Crippen LogP contribution >= 0.6 is 0 Å². The van der Waals surface area contributed by atoms with Gasteiger partial charge >= 0.3 is 0 Å². The molecule has 2 aliphatic rings. The summed E-state index contributed by atoms with van der Waals surface area (Å²) in [4.78, 5) is 10.6. The Morgan fingerprint density at radius 2 is 0.829 bits per heavy atom. The number of hydrogen-bond acceptors (Lipinski definition) is 4. The molecule has 0 bridgehead atoms. The van der Waals surface area contributed by atoms with E-state index in [0.717, 1.165) is 22.3 Å². The number of ether oxygens (including phenoxy) is 2. The fourth-order valence-corrected chi connectivity index (χ4v) is 5.89. The van der Waals surface area contributed by atoms with Crippen LogP contribution in [0.25, 0.3) is 0 Å². The van der Waals surface area contributed by atoms with E-state index in [4.69, 9.17) is 19.5 Å². The summed E-state index contributed by atoms with van der Waals surface area (Å²) in [6.45, 7) is 8.25. The van der Waals surface area contributed by atoms with Crippen LogP contribution in [0.4, 0.5) is 0 Å². The summed E-state index contributed by atoms with van der Waals surface area (Å²) in [5.74, 6) is 1.22. The third kappa shape index (κ3) is 5.14. The largest absolute Gasteiger partial charge is 0.469 e. The molecular weight excluding hydrogens is 504 g/mol. The van der Waals surface area contributed by atoms with Gasteiger partial charge in [-0.25, -0.2) is 9.98 Å². The maximum atomic E-state index is 6.87. The number of benzene rings is 4. The highest BCUT2D eigenvalue weighted by atomic mass is 16.5. The second kappa shape index (κ2) is 11.8. The van der Waals surface area contributed by atoms with Crippen molar-refractivity contribution in [2.24, 2.45) is 15.4 Å². The van der Waals surface area contributed by atoms with E-state index >= 15 is 0 Å². The normalized spacial score (nSPS) is 21.8. The van der Waals surface area contributed by atoms with Gasteiger partial charge in [0.15, 0.2) is 12.2 Å². The van der Waals surface area contributed by atoms with E-state index < -0.39 is 5.41 Å². The Balaban J connectivity index is 1.47. The standard InChI is InChI=1S/C37H34N2O2/c1-3-25-37(26-4-2,35-38-31(27-17-9-5-10-18-27)33(40-35)29-21-13-7-14-22-29)36-39-32(28-19-11-6-12-20-28)34(41-36)30-23-15-8-16-24-30/h3-24,31-34H,1-2,25-26H2/t31-,32-,33+,34+/m1/s1. The molecule has 0 fully saturated rings. The van der Waals surface area contributed by atoms with Gasteiger partial charge in [-0.3, -0.25) is 0 Å². The first-order valence-electron chi connectivity index (χ1n) is 14.1. The Morgan fingerprint density at radius 3 is 1.15 bits per heavy atom. The third-order valence-electron chi connectivity index (χ3n) is 7.91. The van der Waals surface area contributed by atoms with Crippen LogP contribution in [-0.4, -0.2) is 11.8 Å². The average Bonchev–Trinajstić information content (AvgIpc) is 3.69. The number of allylic oxidation sites excluding steroid dienone is 2. The maximum absolute atomic E-state index is 6.87. The minimum Gasteiger partial charge on any atom is -0.469 e. The lowest BCUT2D eigenvalue weighted by Crippen LogP contribution is -2.40. The Hall–Kier alpha value is -4.70. The lowest BCUT2D eigenvalue weighted by Gasteiger charge is -2.31. The molecule has 204 valence electrons. The first-order valence-corrected chi connectivity index (χ1v) is 14.1. The van der Waals surface area contributed by atoms with Gasteiger partial charge in [0.2, 0.25) is 11.8 Å². The molecule has 0 N–H and O–H groups in total. The van der Waals surface area contributed by atoms with Crippen LogP contribution in [0, 0.1) is 5.41 Å². The van der Waals surface area contributed by atoms with Crippen LogP contribution in [0.15, 0.2) is 157 Å². The maximum Gasteiger partial charge on any atom is 0.201 e. The summed E-state index contributed by atoms with van der Waals surface area (Å²) in [7, 11) is 0. The molecule has 41 heavy (non-hydrogen) atoms. The van der Waals surface area contributed by atoms with E-state index in [1.165, 1.54) is 0 Å². The van der Waals surface area contributed by atoms with Gasteiger partial charge in [-0.05, 0) is 35.1 Å². The molecule has 0 saturated carbocycles. The van der Waals surface area contributed by atoms with Gasteiger partial charge in [0.1, 0.15) is 17.5 Å². The zero-order valence-corrected chi connectivity index (χ0v) is 23.1. The van der Waals surface area contributed by atoms with Crippen molar-refractivity contribution in [1.29, 1.82) is 0 Å². The van der Waals surface area contributed by atoms with E-state index in [-0.39, 0.29) is 24.3 Å². The van der Waals surface area contributed by atoms with E-state index in [9.17, 15) is 0 Å². The summed E-state index contributed by atoms with van der Waals surface area (Å²) < 4.78 is 13.7. The highest BCUT2D eigenvalue weighted by molar-refractivity contribution is 6.07. The van der Waals surface area contributed by atoms with Crippen molar-refractivity contribution < 1.29 is 9.47 Å². The number of rotatable bonds is 10. The molecule has 0 amide bonds. The third-order valence-corrected chi connectivity index (χ3v) is 7.91. The molecule has 0 aromatic heterocycles. The summed E-state index contributed by atoms with van der Waals surface area (Å²) >= 11 is 0. The van der Waals surface area contributed by atoms with Gasteiger partial charge in [0.25, 0.3) is 0 Å². The molecule has 6 rings (SSSR count). The van der Waals surface area contributed by atoms with Gasteiger partial charge in [0.05, 0.1) is 0 Å². The summed E-state index contributed by atoms with van der Waals surface area (Å²) in [5.41, 5.74) is 3.56. The van der Waals surface area contributed by atoms with E-state index in [1.54, 1.807) is 0 Å². The van der Waals surface area contributed by atoms with Crippen molar-refractivity contribution >= 4 is 11.8 Å². The van der Waals surface area contributed by atoms with Gasteiger partial charge < -0.3 is 9.47 Å². The van der Waals surface area contributed by atoms with Crippen molar-refractivity contribution in [3.05, 3.63) is 169 Å². The lowest BCUT2D eigenvalue weighted by molar-refractivity contribution is 0.155. The molecule has 0 radical (unpaired) electrons. The molecule has 4 aromatic rings. The fourth-order valence-electron chi connectivity index (χ4n) is 5.89. The van der Waals surface area contributed by atoms with Crippen LogP contribution in [0.3, 0.4) is 0 Å². The zero-order chi connectivity index (χ0) is 28.1. The molecule has 0 aliphatic carbocycles. The van der Waals surface area contributed by atoms with Gasteiger partial charge in [0, 0.05) is 0 Å². The summed E-state index contributed by atoms with van der Waals surface area (Å²) in [5, 5.41) is 0. The Bertz CT molecular complexity index is 1410. The second-order valence-corrected chi connectivity index (χ2v) is 10.5. The molecule has 4 nitrogen and oxygen atoms in total. The van der Waals surface area contributed by atoms with Gasteiger partial charge in [-0.15, -0.1) is 13.2 Å². The fraction of sp³-hybridized carbons (Fsp3) is 0.189. The summed E-state index contributed by atoms with van der Waals surface area (Å²) in [6.07, 6.45) is 4.34. The van der Waals surface area contributed by atoms with Crippen LogP contribution in [0.2, 0.25) is 0 Å². The van der Waals surface area contributed by atoms with Gasteiger partial charge in [-0.1, -0.05) is 133 Å². The molecule has 2 heterocycles. The number of aliphatic imine (C=N–C) groups is 2. The lowest BCUT2D eigenvalue weighted by atomic mass is 9.80. The zero-order valence-electron chi connectivity index (χ0n) is 23.1. The molecular formula is C37H34N2O2. The summed E-state index contributed by atoms with van der Waals surface area (Å²) in [6, 6.07) is 40.9. The van der Waals surface area contributed by atoms with E-state index in [1.807, 2.05) is 84.9 Å². The van der Waals surface area contributed by atoms with E-state index in [0.29, 0.717) is 24.6 Å². The van der Waals surface area contributed by atoms with Crippen molar-refractivity contribution in [1.82, 2.24) is 0 Å². The SMILES string of the molecule is C=CCC(CC=C)(C1=N[C@H](c2ccccc2)[C@H](c2ccccc2)O1)C1=N[C@H](c2ccccc2)[C@H](c2ccccc2)O1. The Morgan fingerprint density at radius 1 is 0.512 bits per heavy atom. The molecule has 0 saturated heterocycles. The molecule has 0 spiro atoms. The predicted molar refractivity (Wildman–Crippen MR) is 166 cm³/mol. The van der Waals surface area contributed by atoms with Crippen molar-refractivity contribution in [3.8, 4) is 0 Å². The van der Waals surface area contributed by atoms with Crippen LogP contribution < -0.4 is 0 Å². The Labute approximate surface area is 242 Å². The minimum atomic E-state index is -0.781. The molecule has 0 unspecified atom stereocenters. The van der Waals surface area contributed by atoms with Crippen molar-refractivity contribution in [2.45, 2.75) is 37.1 Å². The predicted octanol–water partition coefficient (Wildman–Crippen LogP) is 8.95. The smallest absolute Gasteiger partial charge is 0.201 e.